The van der Waals surface area contributed by atoms with Crippen LogP contribution >= 0.6 is 0 Å². The van der Waals surface area contributed by atoms with Crippen LogP contribution in [0.2, 0.25) is 0 Å². The minimum atomic E-state index is -0.229. The fraction of sp³-hybridized carbons (Fsp3) is 0.571. The average Bonchev–Trinajstić information content (AvgIpc) is 2.37. The van der Waals surface area contributed by atoms with E-state index in [2.05, 4.69) is 0 Å². The minimum absolute atomic E-state index is 0.229. The third kappa shape index (κ3) is 5.71. The fourth-order valence-electron chi connectivity index (χ4n) is 1.73. The Hall–Kier alpha value is -1.06. The second-order valence-electron chi connectivity index (χ2n) is 4.18. The van der Waals surface area contributed by atoms with Crippen LogP contribution in [-0.2, 0) is 11.2 Å². The van der Waals surface area contributed by atoms with E-state index in [0.29, 0.717) is 0 Å². The van der Waals surface area contributed by atoms with E-state index in [-0.39, 0.29) is 6.10 Å². The summed E-state index contributed by atoms with van der Waals surface area (Å²) in [6.07, 6.45) is 3.20. The summed E-state index contributed by atoms with van der Waals surface area (Å²) in [5, 5.41) is 9.76. The van der Waals surface area contributed by atoms with Crippen molar-refractivity contribution in [3.05, 3.63) is 29.8 Å². The van der Waals surface area contributed by atoms with Gasteiger partial charge in [-0.2, -0.15) is 0 Å². The quantitative estimate of drug-likeness (QED) is 0.707. The van der Waals surface area contributed by atoms with Crippen LogP contribution in [0.3, 0.4) is 0 Å². The smallest absolute Gasteiger partial charge is 0.118 e. The lowest BCUT2D eigenvalue weighted by Gasteiger charge is -2.10. The standard InChI is InChI=1S/C14H22O3/c1-16-11-3-4-13(15)8-5-12-6-9-14(17-2)10-7-12/h6-7,9-10,13,15H,3-5,8,11H2,1-2H3. The van der Waals surface area contributed by atoms with Gasteiger partial charge in [-0.15, -0.1) is 0 Å². The summed E-state index contributed by atoms with van der Waals surface area (Å²) < 4.78 is 10.1. The van der Waals surface area contributed by atoms with E-state index in [9.17, 15) is 5.11 Å². The van der Waals surface area contributed by atoms with Crippen molar-refractivity contribution in [3.63, 3.8) is 0 Å². The molecule has 17 heavy (non-hydrogen) atoms. The zero-order valence-electron chi connectivity index (χ0n) is 10.7. The van der Waals surface area contributed by atoms with Crippen molar-refractivity contribution in [2.24, 2.45) is 0 Å². The van der Waals surface area contributed by atoms with Crippen molar-refractivity contribution in [2.45, 2.75) is 31.8 Å². The molecule has 0 aromatic heterocycles. The molecule has 0 radical (unpaired) electrons. The molecule has 96 valence electrons. The van der Waals surface area contributed by atoms with Gasteiger partial charge in [-0.1, -0.05) is 12.1 Å². The molecule has 0 aliphatic rings. The molecule has 1 N–H and O–H groups in total. The van der Waals surface area contributed by atoms with Crippen LogP contribution in [0.4, 0.5) is 0 Å². The topological polar surface area (TPSA) is 38.7 Å². The highest BCUT2D eigenvalue weighted by Crippen LogP contribution is 2.14. The van der Waals surface area contributed by atoms with E-state index in [1.54, 1.807) is 14.2 Å². The van der Waals surface area contributed by atoms with E-state index in [4.69, 9.17) is 9.47 Å². The first kappa shape index (κ1) is 14.0. The molecule has 1 aromatic carbocycles. The first-order valence-corrected chi connectivity index (χ1v) is 6.06. The molecule has 0 aliphatic carbocycles. The molecule has 0 amide bonds. The Balaban J connectivity index is 2.24. The zero-order valence-corrected chi connectivity index (χ0v) is 10.7. The van der Waals surface area contributed by atoms with E-state index >= 15 is 0 Å². The number of aryl methyl sites for hydroxylation is 1. The summed E-state index contributed by atoms with van der Waals surface area (Å²) in [6, 6.07) is 7.99. The second-order valence-corrected chi connectivity index (χ2v) is 4.18. The van der Waals surface area contributed by atoms with Crippen LogP contribution in [0.5, 0.6) is 5.75 Å². The molecule has 3 nitrogen and oxygen atoms in total. The van der Waals surface area contributed by atoms with Crippen molar-refractivity contribution in [3.8, 4) is 5.75 Å². The van der Waals surface area contributed by atoms with Crippen molar-refractivity contribution in [2.75, 3.05) is 20.8 Å². The number of benzene rings is 1. The summed E-state index contributed by atoms with van der Waals surface area (Å²) in [4.78, 5) is 0. The van der Waals surface area contributed by atoms with E-state index < -0.39 is 0 Å². The summed E-state index contributed by atoms with van der Waals surface area (Å²) in [6.45, 7) is 0.722. The molecule has 1 unspecified atom stereocenters. The predicted octanol–water partition coefficient (Wildman–Crippen LogP) is 2.42. The van der Waals surface area contributed by atoms with Crippen molar-refractivity contribution >= 4 is 0 Å². The molecule has 1 atom stereocenters. The van der Waals surface area contributed by atoms with Crippen LogP contribution in [0.15, 0.2) is 24.3 Å². The van der Waals surface area contributed by atoms with Gasteiger partial charge in [0.05, 0.1) is 13.2 Å². The molecule has 1 rings (SSSR count). The summed E-state index contributed by atoms with van der Waals surface area (Å²) >= 11 is 0. The Bertz CT molecular complexity index is 295. The number of aliphatic hydroxyl groups is 1. The Morgan fingerprint density at radius 2 is 1.82 bits per heavy atom. The molecule has 0 heterocycles. The van der Waals surface area contributed by atoms with Gasteiger partial charge in [0, 0.05) is 13.7 Å². The predicted molar refractivity (Wildman–Crippen MR) is 68.4 cm³/mol. The molecule has 0 bridgehead atoms. The maximum Gasteiger partial charge on any atom is 0.118 e. The Morgan fingerprint density at radius 3 is 2.41 bits per heavy atom. The Morgan fingerprint density at radius 1 is 1.12 bits per heavy atom. The molecule has 0 saturated carbocycles. The van der Waals surface area contributed by atoms with Gasteiger partial charge in [-0.3, -0.25) is 0 Å². The number of hydrogen-bond donors (Lipinski definition) is 1. The monoisotopic (exact) mass is 238 g/mol. The van der Waals surface area contributed by atoms with Gasteiger partial charge >= 0.3 is 0 Å². The highest BCUT2D eigenvalue weighted by Gasteiger charge is 2.04. The summed E-state index contributed by atoms with van der Waals surface area (Å²) in [7, 11) is 3.35. The molecule has 0 aliphatic heterocycles. The number of ether oxygens (including phenoxy) is 2. The SMILES string of the molecule is COCCCC(O)CCc1ccc(OC)cc1. The number of aliphatic hydroxyl groups excluding tert-OH is 1. The molecule has 0 saturated heterocycles. The third-order valence-corrected chi connectivity index (χ3v) is 2.81. The molecule has 3 heteroatoms. The number of methoxy groups -OCH3 is 2. The summed E-state index contributed by atoms with van der Waals surface area (Å²) in [5.41, 5.74) is 1.23. The Kier molecular flexibility index (Phi) is 6.67. The second kappa shape index (κ2) is 8.09. The van der Waals surface area contributed by atoms with Gasteiger partial charge in [0.25, 0.3) is 0 Å². The van der Waals surface area contributed by atoms with Gasteiger partial charge < -0.3 is 14.6 Å². The lowest BCUT2D eigenvalue weighted by molar-refractivity contribution is 0.128. The average molecular weight is 238 g/mol. The number of hydrogen-bond acceptors (Lipinski definition) is 3. The van der Waals surface area contributed by atoms with E-state index in [0.717, 1.165) is 38.0 Å². The minimum Gasteiger partial charge on any atom is -0.497 e. The summed E-state index contributed by atoms with van der Waals surface area (Å²) in [5.74, 6) is 0.870. The lowest BCUT2D eigenvalue weighted by Crippen LogP contribution is -2.09. The Labute approximate surface area is 103 Å². The maximum atomic E-state index is 9.76. The molecule has 0 fully saturated rings. The highest BCUT2D eigenvalue weighted by atomic mass is 16.5. The molecular weight excluding hydrogens is 216 g/mol. The van der Waals surface area contributed by atoms with Crippen LogP contribution in [0.25, 0.3) is 0 Å². The van der Waals surface area contributed by atoms with Gasteiger partial charge in [-0.25, -0.2) is 0 Å². The first-order chi connectivity index (χ1) is 8.26. The van der Waals surface area contributed by atoms with Crippen molar-refractivity contribution < 1.29 is 14.6 Å². The largest absolute Gasteiger partial charge is 0.497 e. The van der Waals surface area contributed by atoms with E-state index in [1.807, 2.05) is 24.3 Å². The van der Waals surface area contributed by atoms with Crippen molar-refractivity contribution in [1.82, 2.24) is 0 Å². The molecule has 1 aromatic rings. The molecular formula is C14H22O3. The van der Waals surface area contributed by atoms with Crippen molar-refractivity contribution in [1.29, 1.82) is 0 Å². The number of rotatable bonds is 8. The maximum absolute atomic E-state index is 9.76. The highest BCUT2D eigenvalue weighted by molar-refractivity contribution is 5.27. The van der Waals surface area contributed by atoms with Crippen LogP contribution in [0.1, 0.15) is 24.8 Å². The first-order valence-electron chi connectivity index (χ1n) is 6.06. The van der Waals surface area contributed by atoms with Gasteiger partial charge in [0.15, 0.2) is 0 Å². The van der Waals surface area contributed by atoms with Gasteiger partial charge in [0.1, 0.15) is 5.75 Å². The van der Waals surface area contributed by atoms with Gasteiger partial charge in [0.2, 0.25) is 0 Å². The van der Waals surface area contributed by atoms with Crippen LogP contribution in [0, 0.1) is 0 Å². The van der Waals surface area contributed by atoms with E-state index in [1.165, 1.54) is 5.56 Å². The fourth-order valence-corrected chi connectivity index (χ4v) is 1.73. The van der Waals surface area contributed by atoms with Crippen LogP contribution < -0.4 is 4.74 Å². The van der Waals surface area contributed by atoms with Crippen LogP contribution in [-0.4, -0.2) is 32.0 Å². The zero-order chi connectivity index (χ0) is 12.5. The lowest BCUT2D eigenvalue weighted by atomic mass is 10.0. The normalized spacial score (nSPS) is 12.4. The van der Waals surface area contributed by atoms with Gasteiger partial charge in [-0.05, 0) is 43.4 Å². The third-order valence-electron chi connectivity index (χ3n) is 2.81. The molecule has 0 spiro atoms.